The van der Waals surface area contributed by atoms with Crippen LogP contribution >= 0.6 is 15.9 Å². The maximum absolute atomic E-state index is 12.8. The van der Waals surface area contributed by atoms with Gasteiger partial charge in [0.25, 0.3) is 5.91 Å². The standard InChI is InChI=1S/C19H24BrN3O3/c1-12(23-16(25)19(22-17(23)26)10-4-5-11-19)15(24)21-18(2,3)13-6-8-14(20)9-7-13/h6-9,12H,4-5,10-11H2,1-3H3,(H,21,24)(H,22,26). The fraction of sp³-hybridized carbons (Fsp3) is 0.526. The van der Waals surface area contributed by atoms with Crippen LogP contribution in [0.3, 0.4) is 0 Å². The summed E-state index contributed by atoms with van der Waals surface area (Å²) in [5.74, 6) is -0.624. The minimum absolute atomic E-state index is 0.274. The lowest BCUT2D eigenvalue weighted by Gasteiger charge is -2.30. The Morgan fingerprint density at radius 1 is 1.23 bits per heavy atom. The molecule has 0 radical (unpaired) electrons. The van der Waals surface area contributed by atoms with Crippen molar-refractivity contribution in [2.45, 2.75) is 63.6 Å². The van der Waals surface area contributed by atoms with Gasteiger partial charge in [-0.15, -0.1) is 0 Å². The van der Waals surface area contributed by atoms with Crippen LogP contribution in [0.15, 0.2) is 28.7 Å². The highest BCUT2D eigenvalue weighted by molar-refractivity contribution is 9.10. The Morgan fingerprint density at radius 2 is 1.81 bits per heavy atom. The first-order valence-electron chi connectivity index (χ1n) is 8.90. The number of nitrogens with one attached hydrogen (secondary N) is 2. The number of benzene rings is 1. The van der Waals surface area contributed by atoms with E-state index in [0.29, 0.717) is 12.8 Å². The number of nitrogens with zero attached hydrogens (tertiary/aromatic N) is 1. The monoisotopic (exact) mass is 421 g/mol. The second-order valence-corrected chi connectivity index (χ2v) is 8.61. The number of imide groups is 1. The van der Waals surface area contributed by atoms with Gasteiger partial charge >= 0.3 is 6.03 Å². The van der Waals surface area contributed by atoms with Gasteiger partial charge in [-0.1, -0.05) is 40.9 Å². The van der Waals surface area contributed by atoms with E-state index in [2.05, 4.69) is 26.6 Å². The van der Waals surface area contributed by atoms with E-state index in [-0.39, 0.29) is 11.8 Å². The predicted molar refractivity (Wildman–Crippen MR) is 101 cm³/mol. The number of urea groups is 1. The second kappa shape index (κ2) is 6.68. The Kier molecular flexibility index (Phi) is 4.86. The first-order valence-corrected chi connectivity index (χ1v) is 9.69. The van der Waals surface area contributed by atoms with Crippen LogP contribution in [-0.2, 0) is 15.1 Å². The lowest BCUT2D eigenvalue weighted by molar-refractivity contribution is -0.138. The molecule has 2 N–H and O–H groups in total. The molecule has 4 amide bonds. The maximum atomic E-state index is 12.8. The normalized spacial score (nSPS) is 20.4. The van der Waals surface area contributed by atoms with E-state index in [1.165, 1.54) is 0 Å². The highest BCUT2D eigenvalue weighted by Crippen LogP contribution is 2.36. The van der Waals surface area contributed by atoms with E-state index in [1.54, 1.807) is 6.92 Å². The molecule has 0 aromatic heterocycles. The lowest BCUT2D eigenvalue weighted by Crippen LogP contribution is -2.53. The third kappa shape index (κ3) is 3.24. The molecule has 1 spiro atoms. The molecule has 1 unspecified atom stereocenters. The van der Waals surface area contributed by atoms with Gasteiger partial charge in [0.1, 0.15) is 11.6 Å². The van der Waals surface area contributed by atoms with Crippen LogP contribution in [0.2, 0.25) is 0 Å². The van der Waals surface area contributed by atoms with Crippen LogP contribution in [0.4, 0.5) is 4.79 Å². The largest absolute Gasteiger partial charge is 0.345 e. The van der Waals surface area contributed by atoms with Crippen molar-refractivity contribution >= 4 is 33.8 Å². The highest BCUT2D eigenvalue weighted by Gasteiger charge is 2.54. The summed E-state index contributed by atoms with van der Waals surface area (Å²) in [5, 5.41) is 5.78. The van der Waals surface area contributed by atoms with Crippen LogP contribution in [0, 0.1) is 0 Å². The Balaban J connectivity index is 1.74. The molecular weight excluding hydrogens is 398 g/mol. The zero-order valence-electron chi connectivity index (χ0n) is 15.3. The van der Waals surface area contributed by atoms with Gasteiger partial charge in [0, 0.05) is 4.47 Å². The molecule has 1 atom stereocenters. The van der Waals surface area contributed by atoms with Crippen molar-refractivity contribution in [2.24, 2.45) is 0 Å². The quantitative estimate of drug-likeness (QED) is 0.733. The molecule has 0 bridgehead atoms. The molecule has 1 heterocycles. The molecule has 1 aromatic carbocycles. The Labute approximate surface area is 161 Å². The number of hydrogen-bond acceptors (Lipinski definition) is 3. The second-order valence-electron chi connectivity index (χ2n) is 7.69. The number of halogens is 1. The summed E-state index contributed by atoms with van der Waals surface area (Å²) in [7, 11) is 0. The first-order chi connectivity index (χ1) is 12.2. The van der Waals surface area contributed by atoms with Gasteiger partial charge in [-0.2, -0.15) is 0 Å². The predicted octanol–water partition coefficient (Wildman–Crippen LogP) is 3.05. The van der Waals surface area contributed by atoms with Gasteiger partial charge in [-0.25, -0.2) is 9.69 Å². The lowest BCUT2D eigenvalue weighted by atomic mass is 9.93. The van der Waals surface area contributed by atoms with Crippen molar-refractivity contribution in [1.29, 1.82) is 0 Å². The molecular formula is C19H24BrN3O3. The molecule has 3 rings (SSSR count). The van der Waals surface area contributed by atoms with Crippen LogP contribution in [0.1, 0.15) is 52.0 Å². The molecule has 1 saturated carbocycles. The van der Waals surface area contributed by atoms with Crippen molar-refractivity contribution in [3.05, 3.63) is 34.3 Å². The summed E-state index contributed by atoms with van der Waals surface area (Å²) in [6.07, 6.45) is 3.12. The van der Waals surface area contributed by atoms with Crippen molar-refractivity contribution < 1.29 is 14.4 Å². The fourth-order valence-corrected chi connectivity index (χ4v) is 4.04. The number of hydrogen-bond donors (Lipinski definition) is 2. The number of carbonyl (C=O) groups is 3. The number of amides is 4. The van der Waals surface area contributed by atoms with Gasteiger partial charge in [0.05, 0.1) is 5.54 Å². The van der Waals surface area contributed by atoms with E-state index >= 15 is 0 Å². The topological polar surface area (TPSA) is 78.5 Å². The minimum Gasteiger partial charge on any atom is -0.345 e. The molecule has 6 nitrogen and oxygen atoms in total. The molecule has 140 valence electrons. The Morgan fingerprint density at radius 3 is 2.38 bits per heavy atom. The van der Waals surface area contributed by atoms with Gasteiger partial charge in [0.2, 0.25) is 5.91 Å². The van der Waals surface area contributed by atoms with Crippen molar-refractivity contribution in [1.82, 2.24) is 15.5 Å². The van der Waals surface area contributed by atoms with E-state index < -0.39 is 23.2 Å². The molecule has 1 aliphatic carbocycles. The third-order valence-corrected chi connectivity index (χ3v) is 5.95. The van der Waals surface area contributed by atoms with E-state index in [0.717, 1.165) is 27.8 Å². The Hall–Kier alpha value is -1.89. The zero-order valence-corrected chi connectivity index (χ0v) is 16.9. The van der Waals surface area contributed by atoms with E-state index in [4.69, 9.17) is 0 Å². The Bertz CT molecular complexity index is 739. The van der Waals surface area contributed by atoms with Crippen molar-refractivity contribution in [3.63, 3.8) is 0 Å². The first kappa shape index (κ1) is 18.9. The summed E-state index contributed by atoms with van der Waals surface area (Å²) in [4.78, 5) is 39.1. The van der Waals surface area contributed by atoms with Gasteiger partial charge in [0.15, 0.2) is 0 Å². The summed E-state index contributed by atoms with van der Waals surface area (Å²) in [5.41, 5.74) is -0.492. The summed E-state index contributed by atoms with van der Waals surface area (Å²) in [6, 6.07) is 6.34. The highest BCUT2D eigenvalue weighted by atomic mass is 79.9. The van der Waals surface area contributed by atoms with Crippen molar-refractivity contribution in [3.8, 4) is 0 Å². The zero-order chi connectivity index (χ0) is 19.1. The molecule has 7 heteroatoms. The average Bonchev–Trinajstić information content (AvgIpc) is 3.13. The van der Waals surface area contributed by atoms with Crippen LogP contribution < -0.4 is 10.6 Å². The van der Waals surface area contributed by atoms with Gasteiger partial charge in [-0.3, -0.25) is 9.59 Å². The van der Waals surface area contributed by atoms with E-state index in [9.17, 15) is 14.4 Å². The van der Waals surface area contributed by atoms with Crippen LogP contribution in [0.5, 0.6) is 0 Å². The molecule has 2 fully saturated rings. The maximum Gasteiger partial charge on any atom is 0.325 e. The van der Waals surface area contributed by atoms with Crippen molar-refractivity contribution in [2.75, 3.05) is 0 Å². The smallest absolute Gasteiger partial charge is 0.325 e. The molecule has 1 aromatic rings. The van der Waals surface area contributed by atoms with Crippen LogP contribution in [0.25, 0.3) is 0 Å². The van der Waals surface area contributed by atoms with Gasteiger partial charge in [-0.05, 0) is 51.3 Å². The summed E-state index contributed by atoms with van der Waals surface area (Å²) in [6.45, 7) is 5.38. The molecule has 26 heavy (non-hydrogen) atoms. The van der Waals surface area contributed by atoms with Gasteiger partial charge < -0.3 is 10.6 Å². The number of rotatable bonds is 4. The number of carbonyl (C=O) groups excluding carboxylic acids is 3. The van der Waals surface area contributed by atoms with E-state index in [1.807, 2.05) is 38.1 Å². The minimum atomic E-state index is -0.864. The summed E-state index contributed by atoms with van der Waals surface area (Å²) >= 11 is 3.40. The summed E-state index contributed by atoms with van der Waals surface area (Å²) < 4.78 is 0.956. The fourth-order valence-electron chi connectivity index (χ4n) is 3.78. The molecule has 2 aliphatic rings. The van der Waals surface area contributed by atoms with Crippen LogP contribution in [-0.4, -0.2) is 34.3 Å². The average molecular weight is 422 g/mol. The SMILES string of the molecule is CC(C(=O)NC(C)(C)c1ccc(Br)cc1)N1C(=O)NC2(CCCC2)C1=O. The third-order valence-electron chi connectivity index (χ3n) is 5.42. The molecule has 1 saturated heterocycles. The molecule has 1 aliphatic heterocycles.